The first-order valence-corrected chi connectivity index (χ1v) is 8.72. The Balaban J connectivity index is 1.62. The van der Waals surface area contributed by atoms with E-state index in [9.17, 15) is 4.79 Å². The Morgan fingerprint density at radius 1 is 1.32 bits per heavy atom. The Kier molecular flexibility index (Phi) is 5.23. The van der Waals surface area contributed by atoms with Crippen LogP contribution in [0.3, 0.4) is 0 Å². The average molecular weight is 403 g/mol. The van der Waals surface area contributed by atoms with Crippen LogP contribution in [0.1, 0.15) is 23.2 Å². The SMILES string of the molecule is CCn1cc(Br)cc1C(=O)Nc1ccc(OCc2nccn2C)cc1. The first kappa shape index (κ1) is 17.3. The number of nitrogens with zero attached hydrogens (tertiary/aromatic N) is 3. The van der Waals surface area contributed by atoms with E-state index in [1.807, 2.05) is 65.8 Å². The van der Waals surface area contributed by atoms with Gasteiger partial charge in [-0.2, -0.15) is 0 Å². The highest BCUT2D eigenvalue weighted by atomic mass is 79.9. The van der Waals surface area contributed by atoms with Gasteiger partial charge in [-0.3, -0.25) is 4.79 Å². The lowest BCUT2D eigenvalue weighted by Gasteiger charge is -2.09. The zero-order valence-corrected chi connectivity index (χ0v) is 15.7. The minimum atomic E-state index is -0.144. The third-order valence-electron chi connectivity index (χ3n) is 3.84. The van der Waals surface area contributed by atoms with Gasteiger partial charge < -0.3 is 19.2 Å². The molecule has 0 bridgehead atoms. The number of imidazole rings is 1. The van der Waals surface area contributed by atoms with E-state index in [-0.39, 0.29) is 5.91 Å². The fraction of sp³-hybridized carbons (Fsp3) is 0.222. The van der Waals surface area contributed by atoms with Gasteiger partial charge in [0.1, 0.15) is 23.9 Å². The van der Waals surface area contributed by atoms with Crippen molar-refractivity contribution in [2.24, 2.45) is 7.05 Å². The summed E-state index contributed by atoms with van der Waals surface area (Å²) in [4.78, 5) is 16.6. The molecule has 3 aromatic rings. The smallest absolute Gasteiger partial charge is 0.272 e. The molecule has 0 atom stereocenters. The molecule has 1 aromatic carbocycles. The van der Waals surface area contributed by atoms with Crippen molar-refractivity contribution in [3.63, 3.8) is 0 Å². The minimum absolute atomic E-state index is 0.144. The molecule has 0 spiro atoms. The molecule has 130 valence electrons. The molecule has 0 aliphatic heterocycles. The van der Waals surface area contributed by atoms with Crippen molar-refractivity contribution in [1.82, 2.24) is 14.1 Å². The number of hydrogen-bond donors (Lipinski definition) is 1. The van der Waals surface area contributed by atoms with Gasteiger partial charge in [-0.15, -0.1) is 0 Å². The molecule has 0 aliphatic rings. The second-order valence-electron chi connectivity index (χ2n) is 5.55. The fourth-order valence-corrected chi connectivity index (χ4v) is 2.90. The largest absolute Gasteiger partial charge is 0.486 e. The Bertz CT molecular complexity index is 868. The highest BCUT2D eigenvalue weighted by Gasteiger charge is 2.12. The summed E-state index contributed by atoms with van der Waals surface area (Å²) >= 11 is 3.40. The topological polar surface area (TPSA) is 61.1 Å². The Morgan fingerprint density at radius 2 is 2.08 bits per heavy atom. The average Bonchev–Trinajstić information content (AvgIpc) is 3.19. The van der Waals surface area contributed by atoms with E-state index < -0.39 is 0 Å². The standard InChI is InChI=1S/C18H19BrN4O2/c1-3-23-11-13(19)10-16(23)18(24)21-14-4-6-15(7-5-14)25-12-17-20-8-9-22(17)2/h4-11H,3,12H2,1-2H3,(H,21,24). The van der Waals surface area contributed by atoms with Crippen LogP contribution < -0.4 is 10.1 Å². The fourth-order valence-electron chi connectivity index (χ4n) is 2.44. The second kappa shape index (κ2) is 7.57. The van der Waals surface area contributed by atoms with Crippen molar-refractivity contribution in [1.29, 1.82) is 0 Å². The number of aromatic nitrogens is 3. The van der Waals surface area contributed by atoms with Crippen molar-refractivity contribution >= 4 is 27.5 Å². The Hall–Kier alpha value is -2.54. The summed E-state index contributed by atoms with van der Waals surface area (Å²) in [6.45, 7) is 3.12. The first-order valence-electron chi connectivity index (χ1n) is 7.93. The monoisotopic (exact) mass is 402 g/mol. The van der Waals surface area contributed by atoms with Crippen molar-refractivity contribution in [2.75, 3.05) is 5.32 Å². The highest BCUT2D eigenvalue weighted by Crippen LogP contribution is 2.19. The quantitative estimate of drug-likeness (QED) is 0.681. The van der Waals surface area contributed by atoms with Gasteiger partial charge in [-0.25, -0.2) is 4.98 Å². The van der Waals surface area contributed by atoms with E-state index >= 15 is 0 Å². The molecular weight excluding hydrogens is 384 g/mol. The normalized spacial score (nSPS) is 10.7. The Morgan fingerprint density at radius 3 is 2.72 bits per heavy atom. The van der Waals surface area contributed by atoms with E-state index in [1.54, 1.807) is 6.20 Å². The second-order valence-corrected chi connectivity index (χ2v) is 6.47. The van der Waals surface area contributed by atoms with Gasteiger partial charge in [-0.1, -0.05) is 0 Å². The van der Waals surface area contributed by atoms with E-state index in [4.69, 9.17) is 4.74 Å². The van der Waals surface area contributed by atoms with Crippen LogP contribution >= 0.6 is 15.9 Å². The molecule has 0 saturated heterocycles. The predicted molar refractivity (Wildman–Crippen MR) is 99.7 cm³/mol. The highest BCUT2D eigenvalue weighted by molar-refractivity contribution is 9.10. The molecule has 0 aliphatic carbocycles. The lowest BCUT2D eigenvalue weighted by molar-refractivity contribution is 0.101. The number of halogens is 1. The van der Waals surface area contributed by atoms with Crippen molar-refractivity contribution in [2.45, 2.75) is 20.1 Å². The molecule has 1 amide bonds. The third kappa shape index (κ3) is 4.11. The summed E-state index contributed by atoms with van der Waals surface area (Å²) in [6.07, 6.45) is 5.51. The van der Waals surface area contributed by atoms with Crippen LogP contribution in [0.15, 0.2) is 53.4 Å². The van der Waals surface area contributed by atoms with Crippen LogP contribution in [0.2, 0.25) is 0 Å². The van der Waals surface area contributed by atoms with Crippen LogP contribution in [0.4, 0.5) is 5.69 Å². The van der Waals surface area contributed by atoms with Gasteiger partial charge in [0, 0.05) is 42.3 Å². The van der Waals surface area contributed by atoms with E-state index in [2.05, 4.69) is 26.2 Å². The summed E-state index contributed by atoms with van der Waals surface area (Å²) in [5, 5.41) is 2.90. The number of anilines is 1. The number of carbonyl (C=O) groups is 1. The van der Waals surface area contributed by atoms with Gasteiger partial charge >= 0.3 is 0 Å². The number of amides is 1. The van der Waals surface area contributed by atoms with E-state index in [0.29, 0.717) is 18.0 Å². The number of aryl methyl sites for hydroxylation is 2. The molecule has 0 radical (unpaired) electrons. The predicted octanol–water partition coefficient (Wildman–Crippen LogP) is 3.84. The lowest BCUT2D eigenvalue weighted by Crippen LogP contribution is -2.16. The van der Waals surface area contributed by atoms with Gasteiger partial charge in [-0.05, 0) is 53.2 Å². The molecule has 2 heterocycles. The van der Waals surface area contributed by atoms with Crippen molar-refractivity contribution in [3.05, 3.63) is 64.9 Å². The zero-order chi connectivity index (χ0) is 17.8. The maximum absolute atomic E-state index is 12.4. The maximum atomic E-state index is 12.4. The van der Waals surface area contributed by atoms with Crippen molar-refractivity contribution in [3.8, 4) is 5.75 Å². The zero-order valence-electron chi connectivity index (χ0n) is 14.1. The summed E-state index contributed by atoms with van der Waals surface area (Å²) in [7, 11) is 1.93. The number of carbonyl (C=O) groups excluding carboxylic acids is 1. The van der Waals surface area contributed by atoms with E-state index in [1.165, 1.54) is 0 Å². The van der Waals surface area contributed by atoms with Gasteiger partial charge in [0.2, 0.25) is 0 Å². The van der Waals surface area contributed by atoms with Gasteiger partial charge in [0.15, 0.2) is 0 Å². The molecule has 7 heteroatoms. The summed E-state index contributed by atoms with van der Waals surface area (Å²) < 4.78 is 10.4. The van der Waals surface area contributed by atoms with Crippen molar-refractivity contribution < 1.29 is 9.53 Å². The maximum Gasteiger partial charge on any atom is 0.272 e. The molecular formula is C18H19BrN4O2. The summed E-state index contributed by atoms with van der Waals surface area (Å²) in [5.74, 6) is 1.43. The van der Waals surface area contributed by atoms with Crippen LogP contribution in [0.25, 0.3) is 0 Å². The molecule has 3 rings (SSSR count). The third-order valence-corrected chi connectivity index (χ3v) is 4.27. The van der Waals surface area contributed by atoms with Crippen LogP contribution in [-0.2, 0) is 20.2 Å². The number of benzene rings is 1. The minimum Gasteiger partial charge on any atom is -0.486 e. The molecule has 25 heavy (non-hydrogen) atoms. The van der Waals surface area contributed by atoms with Crippen LogP contribution in [0.5, 0.6) is 5.75 Å². The van der Waals surface area contributed by atoms with Crippen LogP contribution in [-0.4, -0.2) is 20.0 Å². The summed E-state index contributed by atoms with van der Waals surface area (Å²) in [6, 6.07) is 9.10. The number of ether oxygens (including phenoxy) is 1. The first-order chi connectivity index (χ1) is 12.1. The lowest BCUT2D eigenvalue weighted by atomic mass is 10.3. The molecule has 6 nitrogen and oxygen atoms in total. The molecule has 2 aromatic heterocycles. The number of hydrogen-bond acceptors (Lipinski definition) is 3. The van der Waals surface area contributed by atoms with Gasteiger partial charge in [0.05, 0.1) is 0 Å². The molecule has 0 fully saturated rings. The molecule has 0 saturated carbocycles. The number of rotatable bonds is 6. The van der Waals surface area contributed by atoms with E-state index in [0.717, 1.165) is 22.6 Å². The Labute approximate surface area is 154 Å². The summed E-state index contributed by atoms with van der Waals surface area (Å²) in [5.41, 5.74) is 1.33. The molecule has 0 unspecified atom stereocenters. The van der Waals surface area contributed by atoms with Crippen LogP contribution in [0, 0.1) is 0 Å². The number of nitrogens with one attached hydrogen (secondary N) is 1. The molecule has 1 N–H and O–H groups in total. The van der Waals surface area contributed by atoms with Gasteiger partial charge in [0.25, 0.3) is 5.91 Å².